The number of nitrogens with one attached hydrogen (secondary N) is 3. The fraction of sp³-hybridized carbons (Fsp3) is 0.250. The number of para-hydroxylation sites is 2. The number of nitrogens with zero attached hydrogens (tertiary/aromatic N) is 1. The van der Waals surface area contributed by atoms with E-state index in [1.54, 1.807) is 44.4 Å². The van der Waals surface area contributed by atoms with Crippen LogP contribution in [0, 0.1) is 5.92 Å². The van der Waals surface area contributed by atoms with E-state index in [2.05, 4.69) is 16.0 Å². The zero-order valence-corrected chi connectivity index (χ0v) is 18.8. The van der Waals surface area contributed by atoms with Gasteiger partial charge in [-0.25, -0.2) is 0 Å². The molecule has 9 nitrogen and oxygen atoms in total. The number of amides is 2. The van der Waals surface area contributed by atoms with Gasteiger partial charge in [-0.1, -0.05) is 38.1 Å². The summed E-state index contributed by atoms with van der Waals surface area (Å²) in [4.78, 5) is 50.9. The Bertz CT molecular complexity index is 1240. The summed E-state index contributed by atoms with van der Waals surface area (Å²) in [6, 6.07) is 12.5. The molecule has 9 heteroatoms. The summed E-state index contributed by atoms with van der Waals surface area (Å²) in [6.45, 7) is 3.62. The molecule has 0 unspecified atom stereocenters. The van der Waals surface area contributed by atoms with Crippen LogP contribution >= 0.6 is 0 Å². The van der Waals surface area contributed by atoms with Crippen LogP contribution < -0.4 is 26.8 Å². The summed E-state index contributed by atoms with van der Waals surface area (Å²) < 4.78 is 0. The third kappa shape index (κ3) is 4.87. The molecule has 2 amide bonds. The molecule has 1 atom stereocenters. The highest BCUT2D eigenvalue weighted by Gasteiger charge is 2.29. The fourth-order valence-corrected chi connectivity index (χ4v) is 3.27. The first kappa shape index (κ1) is 23.5. The lowest BCUT2D eigenvalue weighted by Crippen LogP contribution is -2.45. The van der Waals surface area contributed by atoms with E-state index in [0.717, 1.165) is 0 Å². The quantitative estimate of drug-likeness (QED) is 0.307. The van der Waals surface area contributed by atoms with Gasteiger partial charge in [0.25, 0.3) is 16.8 Å². The van der Waals surface area contributed by atoms with Crippen molar-refractivity contribution in [3.63, 3.8) is 0 Å². The maximum atomic E-state index is 12.8. The summed E-state index contributed by atoms with van der Waals surface area (Å²) in [7, 11) is 3.10. The van der Waals surface area contributed by atoms with Gasteiger partial charge in [-0.15, -0.1) is 0 Å². The largest absolute Gasteiger partial charge is 0.505 e. The van der Waals surface area contributed by atoms with Gasteiger partial charge >= 0.3 is 0 Å². The minimum absolute atomic E-state index is 0.0421. The normalized spacial score (nSPS) is 11.8. The first-order chi connectivity index (χ1) is 15.6. The lowest BCUT2D eigenvalue weighted by molar-refractivity contribution is -0.117. The molecule has 172 valence electrons. The highest BCUT2D eigenvalue weighted by Crippen LogP contribution is 2.32. The second-order valence-electron chi connectivity index (χ2n) is 8.16. The molecular formula is C24H26N4O5. The van der Waals surface area contributed by atoms with Crippen molar-refractivity contribution in [1.82, 2.24) is 4.90 Å². The molecule has 3 aromatic carbocycles. The van der Waals surface area contributed by atoms with E-state index in [1.165, 1.54) is 17.0 Å². The molecular weight excluding hydrogens is 424 g/mol. The molecule has 4 N–H and O–H groups in total. The Morgan fingerprint density at radius 2 is 1.55 bits per heavy atom. The van der Waals surface area contributed by atoms with Crippen molar-refractivity contribution < 1.29 is 14.7 Å². The molecule has 0 aliphatic rings. The summed E-state index contributed by atoms with van der Waals surface area (Å²) in [5.74, 6) is -1.34. The van der Waals surface area contributed by atoms with Gasteiger partial charge < -0.3 is 26.0 Å². The number of rotatable bonds is 8. The third-order valence-electron chi connectivity index (χ3n) is 5.13. The average molecular weight is 450 g/mol. The SMILES string of the molecule is CC(C)[C@@H](Nc1c(Nc2cccc(C(=O)N(C)C)c2O)c(=O)c1=O)C(=O)Nc1ccccc1. The van der Waals surface area contributed by atoms with E-state index in [9.17, 15) is 24.3 Å². The van der Waals surface area contributed by atoms with E-state index in [-0.39, 0.29) is 40.2 Å². The minimum Gasteiger partial charge on any atom is -0.505 e. The van der Waals surface area contributed by atoms with Crippen LogP contribution in [0.1, 0.15) is 24.2 Å². The van der Waals surface area contributed by atoms with Crippen LogP contribution in [0.25, 0.3) is 0 Å². The first-order valence-electron chi connectivity index (χ1n) is 10.4. The van der Waals surface area contributed by atoms with Crippen LogP contribution in [-0.2, 0) is 4.79 Å². The topological polar surface area (TPSA) is 128 Å². The summed E-state index contributed by atoms with van der Waals surface area (Å²) in [6.07, 6.45) is 0. The molecule has 0 saturated heterocycles. The molecule has 0 aliphatic heterocycles. The van der Waals surface area contributed by atoms with Gasteiger partial charge in [-0.3, -0.25) is 19.2 Å². The smallest absolute Gasteiger partial charge is 0.257 e. The van der Waals surface area contributed by atoms with Crippen molar-refractivity contribution in [1.29, 1.82) is 0 Å². The number of hydrogen-bond donors (Lipinski definition) is 4. The Morgan fingerprint density at radius 3 is 2.15 bits per heavy atom. The zero-order valence-electron chi connectivity index (χ0n) is 18.8. The van der Waals surface area contributed by atoms with Crippen molar-refractivity contribution in [2.75, 3.05) is 30.0 Å². The van der Waals surface area contributed by atoms with Gasteiger partial charge in [0.1, 0.15) is 17.4 Å². The van der Waals surface area contributed by atoms with Crippen LogP contribution in [-0.4, -0.2) is 42.0 Å². The fourth-order valence-electron chi connectivity index (χ4n) is 3.27. The molecule has 0 aliphatic carbocycles. The van der Waals surface area contributed by atoms with Crippen molar-refractivity contribution in [3.8, 4) is 5.75 Å². The number of carbonyl (C=O) groups is 2. The molecule has 0 bridgehead atoms. The second kappa shape index (κ2) is 9.56. The van der Waals surface area contributed by atoms with Crippen molar-refractivity contribution >= 4 is 34.6 Å². The number of carbonyl (C=O) groups excluding carboxylic acids is 2. The van der Waals surface area contributed by atoms with E-state index in [1.807, 2.05) is 19.9 Å². The Morgan fingerprint density at radius 1 is 0.909 bits per heavy atom. The Hall–Kier alpha value is -4.14. The van der Waals surface area contributed by atoms with Gasteiger partial charge in [0.2, 0.25) is 5.91 Å². The standard InChI is InChI=1S/C24H26N4O5/c1-13(2)17(23(32)25-14-9-6-5-7-10-14)27-19-18(21(30)22(19)31)26-16-12-8-11-15(20(16)29)24(33)28(3)4/h5-13,17,26-27,29H,1-4H3,(H,25,32)/t17-/m1/s1. The van der Waals surface area contributed by atoms with Crippen LogP contribution in [0.15, 0.2) is 58.1 Å². The van der Waals surface area contributed by atoms with Crippen molar-refractivity contribution in [3.05, 3.63) is 74.5 Å². The predicted molar refractivity (Wildman–Crippen MR) is 128 cm³/mol. The van der Waals surface area contributed by atoms with E-state index in [0.29, 0.717) is 5.69 Å². The number of benzene rings is 2. The van der Waals surface area contributed by atoms with Crippen LogP contribution in [0.2, 0.25) is 0 Å². The molecule has 0 radical (unpaired) electrons. The van der Waals surface area contributed by atoms with Gasteiger partial charge in [0, 0.05) is 19.8 Å². The van der Waals surface area contributed by atoms with Crippen LogP contribution in [0.4, 0.5) is 22.7 Å². The monoisotopic (exact) mass is 450 g/mol. The van der Waals surface area contributed by atoms with Gasteiger partial charge in [0.05, 0.1) is 11.3 Å². The number of phenols is 1. The number of phenolic OH excluding ortho intramolecular Hbond substituents is 1. The highest BCUT2D eigenvalue weighted by molar-refractivity contribution is 6.00. The molecule has 3 aromatic rings. The van der Waals surface area contributed by atoms with E-state index >= 15 is 0 Å². The summed E-state index contributed by atoms with van der Waals surface area (Å²) in [5.41, 5.74) is -0.949. The average Bonchev–Trinajstić information content (AvgIpc) is 2.79. The van der Waals surface area contributed by atoms with Gasteiger partial charge in [-0.2, -0.15) is 0 Å². The molecule has 0 saturated carbocycles. The van der Waals surface area contributed by atoms with Gasteiger partial charge in [-0.05, 0) is 30.2 Å². The van der Waals surface area contributed by atoms with Crippen molar-refractivity contribution in [2.45, 2.75) is 19.9 Å². The Labute approximate surface area is 190 Å². The molecule has 0 fully saturated rings. The number of hydrogen-bond acceptors (Lipinski definition) is 7. The van der Waals surface area contributed by atoms with Crippen LogP contribution in [0.5, 0.6) is 5.75 Å². The summed E-state index contributed by atoms with van der Waals surface area (Å²) >= 11 is 0. The molecule has 0 aromatic heterocycles. The van der Waals surface area contributed by atoms with E-state index in [4.69, 9.17) is 0 Å². The number of anilines is 4. The minimum atomic E-state index is -0.802. The second-order valence-corrected chi connectivity index (χ2v) is 8.16. The maximum absolute atomic E-state index is 12.8. The van der Waals surface area contributed by atoms with Crippen molar-refractivity contribution in [2.24, 2.45) is 5.92 Å². The van der Waals surface area contributed by atoms with Gasteiger partial charge in [0.15, 0.2) is 5.75 Å². The predicted octanol–water partition coefficient (Wildman–Crippen LogP) is 2.51. The van der Waals surface area contributed by atoms with Crippen LogP contribution in [0.3, 0.4) is 0 Å². The Kier molecular flexibility index (Phi) is 6.81. The Balaban J connectivity index is 1.86. The lowest BCUT2D eigenvalue weighted by Gasteiger charge is -2.25. The molecule has 0 spiro atoms. The molecule has 0 heterocycles. The molecule has 33 heavy (non-hydrogen) atoms. The highest BCUT2D eigenvalue weighted by atomic mass is 16.3. The lowest BCUT2D eigenvalue weighted by atomic mass is 10.0. The van der Waals surface area contributed by atoms with E-state index < -0.39 is 22.8 Å². The maximum Gasteiger partial charge on any atom is 0.257 e. The zero-order chi connectivity index (χ0) is 24.3. The first-order valence-corrected chi connectivity index (χ1v) is 10.4. The number of aromatic hydroxyl groups is 1. The molecule has 3 rings (SSSR count). The third-order valence-corrected chi connectivity index (χ3v) is 5.13. The summed E-state index contributed by atoms with van der Waals surface area (Å²) in [5, 5.41) is 18.9.